The number of hydrogen-bond acceptors (Lipinski definition) is 2. The zero-order valence-corrected chi connectivity index (χ0v) is 14.2. The molecule has 0 spiro atoms. The van der Waals surface area contributed by atoms with Gasteiger partial charge in [0.15, 0.2) is 6.20 Å². The van der Waals surface area contributed by atoms with E-state index in [1.54, 1.807) is 0 Å². The third kappa shape index (κ3) is 1.92. The highest BCUT2D eigenvalue weighted by molar-refractivity contribution is 6.23. The fraction of sp³-hybridized carbons (Fsp3) is 0.0909. The van der Waals surface area contributed by atoms with Crippen molar-refractivity contribution in [3.8, 4) is 11.3 Å². The molecular formula is C22H17N2O+. The van der Waals surface area contributed by atoms with Crippen LogP contribution >= 0.6 is 0 Å². The van der Waals surface area contributed by atoms with Gasteiger partial charge in [-0.2, -0.15) is 0 Å². The zero-order valence-electron chi connectivity index (χ0n) is 14.2. The van der Waals surface area contributed by atoms with Crippen molar-refractivity contribution < 1.29 is 8.98 Å². The number of fused-ring (bicyclic) bond motifs is 5. The third-order valence-corrected chi connectivity index (χ3v) is 5.00. The van der Waals surface area contributed by atoms with Gasteiger partial charge in [-0.25, -0.2) is 4.57 Å². The minimum atomic E-state index is 0.910. The molecular weight excluding hydrogens is 308 g/mol. The van der Waals surface area contributed by atoms with E-state index in [0.717, 1.165) is 38.6 Å². The fourth-order valence-electron chi connectivity index (χ4n) is 3.81. The molecule has 3 heteroatoms. The number of rotatable bonds is 1. The van der Waals surface area contributed by atoms with Crippen molar-refractivity contribution in [3.63, 3.8) is 0 Å². The van der Waals surface area contributed by atoms with Crippen molar-refractivity contribution in [3.05, 3.63) is 72.7 Å². The largest absolute Gasteiger partial charge is 0.455 e. The molecule has 0 saturated heterocycles. The molecule has 2 aromatic carbocycles. The van der Waals surface area contributed by atoms with Crippen LogP contribution in [0.5, 0.6) is 0 Å². The van der Waals surface area contributed by atoms with E-state index < -0.39 is 0 Å². The summed E-state index contributed by atoms with van der Waals surface area (Å²) in [5.41, 5.74) is 5.34. The Kier molecular flexibility index (Phi) is 2.92. The number of furan rings is 1. The number of hydrogen-bond donors (Lipinski definition) is 0. The van der Waals surface area contributed by atoms with Crippen LogP contribution < -0.4 is 4.57 Å². The van der Waals surface area contributed by atoms with Gasteiger partial charge in [-0.3, -0.25) is 4.98 Å². The summed E-state index contributed by atoms with van der Waals surface area (Å²) >= 11 is 0. The minimum Gasteiger partial charge on any atom is -0.455 e. The zero-order chi connectivity index (χ0) is 17.0. The molecule has 3 nitrogen and oxygen atoms in total. The molecule has 0 amide bonds. The molecule has 0 radical (unpaired) electrons. The molecule has 0 aliphatic heterocycles. The summed E-state index contributed by atoms with van der Waals surface area (Å²) in [5.74, 6) is 0. The van der Waals surface area contributed by atoms with Crippen LogP contribution in [0.4, 0.5) is 0 Å². The molecule has 0 fully saturated rings. The van der Waals surface area contributed by atoms with Gasteiger partial charge in [-0.05, 0) is 36.1 Å². The monoisotopic (exact) mass is 325 g/mol. The molecule has 0 bridgehead atoms. The number of pyridine rings is 2. The van der Waals surface area contributed by atoms with E-state index in [4.69, 9.17) is 4.42 Å². The van der Waals surface area contributed by atoms with Crippen LogP contribution in [0.25, 0.3) is 44.0 Å². The maximum atomic E-state index is 6.34. The van der Waals surface area contributed by atoms with E-state index in [2.05, 4.69) is 60.1 Å². The second-order valence-corrected chi connectivity index (χ2v) is 6.42. The molecule has 25 heavy (non-hydrogen) atoms. The quantitative estimate of drug-likeness (QED) is 0.409. The predicted octanol–water partition coefficient (Wildman–Crippen LogP) is 4.93. The van der Waals surface area contributed by atoms with Crippen LogP contribution in [0.3, 0.4) is 0 Å². The lowest BCUT2D eigenvalue weighted by Crippen LogP contribution is -2.30. The number of para-hydroxylation sites is 1. The van der Waals surface area contributed by atoms with Gasteiger partial charge < -0.3 is 4.42 Å². The van der Waals surface area contributed by atoms with E-state index >= 15 is 0 Å². The summed E-state index contributed by atoms with van der Waals surface area (Å²) in [6, 6.07) is 16.6. The first-order valence-electron chi connectivity index (χ1n) is 8.38. The number of aryl methyl sites for hydroxylation is 2. The van der Waals surface area contributed by atoms with Gasteiger partial charge in [-0.15, -0.1) is 0 Å². The molecule has 5 aromatic rings. The van der Waals surface area contributed by atoms with E-state index in [-0.39, 0.29) is 0 Å². The van der Waals surface area contributed by atoms with Gasteiger partial charge in [-0.1, -0.05) is 18.2 Å². The Morgan fingerprint density at radius 2 is 1.76 bits per heavy atom. The molecule has 3 aromatic heterocycles. The summed E-state index contributed by atoms with van der Waals surface area (Å²) in [6.45, 7) is 2.16. The second-order valence-electron chi connectivity index (χ2n) is 6.42. The van der Waals surface area contributed by atoms with Crippen molar-refractivity contribution in [1.82, 2.24) is 4.98 Å². The van der Waals surface area contributed by atoms with E-state index in [1.807, 2.05) is 30.6 Å². The lowest BCUT2D eigenvalue weighted by Gasteiger charge is -2.10. The van der Waals surface area contributed by atoms with Crippen molar-refractivity contribution >= 4 is 32.7 Å². The lowest BCUT2D eigenvalue weighted by atomic mass is 9.94. The Bertz CT molecular complexity index is 1270. The molecule has 0 aliphatic carbocycles. The summed E-state index contributed by atoms with van der Waals surface area (Å²) in [5, 5.41) is 4.63. The van der Waals surface area contributed by atoms with Crippen LogP contribution in [0.2, 0.25) is 0 Å². The first kappa shape index (κ1) is 14.2. The third-order valence-electron chi connectivity index (χ3n) is 5.00. The van der Waals surface area contributed by atoms with Crippen LogP contribution in [0.1, 0.15) is 5.56 Å². The highest BCUT2D eigenvalue weighted by Gasteiger charge is 2.23. The first-order valence-corrected chi connectivity index (χ1v) is 8.38. The molecule has 0 N–H and O–H groups in total. The highest BCUT2D eigenvalue weighted by atomic mass is 16.3. The highest BCUT2D eigenvalue weighted by Crippen LogP contribution is 2.42. The Balaban J connectivity index is 2.10. The van der Waals surface area contributed by atoms with Gasteiger partial charge in [0, 0.05) is 40.7 Å². The van der Waals surface area contributed by atoms with Crippen LogP contribution in [0.15, 0.2) is 71.5 Å². The molecule has 120 valence electrons. The fourth-order valence-corrected chi connectivity index (χ4v) is 3.81. The van der Waals surface area contributed by atoms with Crippen molar-refractivity contribution in [1.29, 1.82) is 0 Å². The van der Waals surface area contributed by atoms with Gasteiger partial charge in [0.2, 0.25) is 5.69 Å². The maximum Gasteiger partial charge on any atom is 0.216 e. The van der Waals surface area contributed by atoms with Gasteiger partial charge in [0.1, 0.15) is 18.2 Å². The second kappa shape index (κ2) is 5.15. The molecule has 5 rings (SSSR count). The average Bonchev–Trinajstić information content (AvgIpc) is 3.02. The molecule has 0 saturated carbocycles. The van der Waals surface area contributed by atoms with Crippen LogP contribution in [0, 0.1) is 6.92 Å². The SMILES string of the molecule is Cc1c(-c2cccc[n+]2C)c2oc3ccccc3c2c2cnccc12. The summed E-state index contributed by atoms with van der Waals surface area (Å²) in [4.78, 5) is 4.36. The predicted molar refractivity (Wildman–Crippen MR) is 100 cm³/mol. The van der Waals surface area contributed by atoms with E-state index in [1.165, 1.54) is 10.9 Å². The van der Waals surface area contributed by atoms with Gasteiger partial charge in [0.05, 0.1) is 5.56 Å². The Morgan fingerprint density at radius 3 is 2.64 bits per heavy atom. The topological polar surface area (TPSA) is 29.9 Å². The summed E-state index contributed by atoms with van der Waals surface area (Å²) in [7, 11) is 2.07. The summed E-state index contributed by atoms with van der Waals surface area (Å²) < 4.78 is 8.48. The first-order chi connectivity index (χ1) is 12.3. The van der Waals surface area contributed by atoms with Crippen molar-refractivity contribution in [2.45, 2.75) is 6.92 Å². The van der Waals surface area contributed by atoms with E-state index in [9.17, 15) is 0 Å². The molecule has 0 aliphatic rings. The molecule has 0 unspecified atom stereocenters. The summed E-state index contributed by atoms with van der Waals surface area (Å²) in [6.07, 6.45) is 5.87. The number of aromatic nitrogens is 2. The van der Waals surface area contributed by atoms with Crippen LogP contribution in [-0.4, -0.2) is 4.98 Å². The number of nitrogens with zero attached hydrogens (tertiary/aromatic N) is 2. The standard InChI is InChI=1S/C22H17N2O/c1-14-15-10-11-23-13-17(15)21-16-7-3-4-9-19(16)25-22(21)20(14)18-8-5-6-12-24(18)2/h3-13H,1-2H3/q+1. The van der Waals surface area contributed by atoms with Gasteiger partial charge in [0.25, 0.3) is 0 Å². The maximum absolute atomic E-state index is 6.34. The normalized spacial score (nSPS) is 11.6. The minimum absolute atomic E-state index is 0.910. The lowest BCUT2D eigenvalue weighted by molar-refractivity contribution is -0.660. The van der Waals surface area contributed by atoms with Crippen LogP contribution in [-0.2, 0) is 7.05 Å². The Hall–Kier alpha value is -3.20. The smallest absolute Gasteiger partial charge is 0.216 e. The van der Waals surface area contributed by atoms with E-state index in [0.29, 0.717) is 0 Å². The average molecular weight is 325 g/mol. The van der Waals surface area contributed by atoms with Crippen molar-refractivity contribution in [2.75, 3.05) is 0 Å². The Morgan fingerprint density at radius 1 is 0.920 bits per heavy atom. The van der Waals surface area contributed by atoms with Gasteiger partial charge >= 0.3 is 0 Å². The van der Waals surface area contributed by atoms with Crippen molar-refractivity contribution in [2.24, 2.45) is 7.05 Å². The Labute approximate surface area is 145 Å². The molecule has 0 atom stereocenters. The number of benzene rings is 2. The molecule has 3 heterocycles.